The van der Waals surface area contributed by atoms with Crippen LogP contribution in [0.5, 0.6) is 0 Å². The smallest absolute Gasteiger partial charge is 0.0284 e. The molecule has 0 heteroatoms. The lowest BCUT2D eigenvalue weighted by Crippen LogP contribution is -2.56. The van der Waals surface area contributed by atoms with Gasteiger partial charge in [0.2, 0.25) is 0 Å². The van der Waals surface area contributed by atoms with Gasteiger partial charge in [0.1, 0.15) is 0 Å². The molecule has 4 aliphatic rings. The fraction of sp³-hybridized carbons (Fsp3) is 1.00. The second-order valence-electron chi connectivity index (χ2n) is 8.76. The molecule has 0 heterocycles. The van der Waals surface area contributed by atoms with Crippen molar-refractivity contribution in [3.8, 4) is 0 Å². The Balaban J connectivity index is 1.91. The quantitative estimate of drug-likeness (QED) is 0.523. The average molecular weight is 262 g/mol. The van der Waals surface area contributed by atoms with E-state index >= 15 is 0 Å². The molecule has 0 spiro atoms. The summed E-state index contributed by atoms with van der Waals surface area (Å²) in [5, 5.41) is 0. The van der Waals surface area contributed by atoms with Crippen LogP contribution in [0.3, 0.4) is 0 Å². The van der Waals surface area contributed by atoms with Crippen molar-refractivity contribution in [3.05, 3.63) is 0 Å². The predicted octanol–water partition coefficient (Wildman–Crippen LogP) is 6.34. The molecular weight excluding hydrogens is 228 g/mol. The number of hydrogen-bond donors (Lipinski definition) is 0. The van der Waals surface area contributed by atoms with E-state index in [1.165, 1.54) is 38.5 Å². The molecule has 0 aromatic carbocycles. The van der Waals surface area contributed by atoms with Crippen LogP contribution < -0.4 is 0 Å². The van der Waals surface area contributed by atoms with Crippen molar-refractivity contribution in [2.75, 3.05) is 0 Å². The molecule has 0 amide bonds. The summed E-state index contributed by atoms with van der Waals surface area (Å²) in [6, 6.07) is 0. The van der Waals surface area contributed by atoms with Crippen LogP contribution in [0.25, 0.3) is 0 Å². The molecule has 0 unspecified atom stereocenters. The van der Waals surface area contributed by atoms with E-state index in [2.05, 4.69) is 20.8 Å². The second kappa shape index (κ2) is 4.78. The largest absolute Gasteiger partial charge is 0.0654 e. The SMILES string of the molecule is CCCC12CC3CC(CCC)(C1)CC(CCC)(C3)C2. The minimum absolute atomic E-state index is 0.776. The summed E-state index contributed by atoms with van der Waals surface area (Å²) in [4.78, 5) is 0. The first-order chi connectivity index (χ1) is 9.09. The molecule has 4 fully saturated rings. The Morgan fingerprint density at radius 1 is 0.632 bits per heavy atom. The van der Waals surface area contributed by atoms with Crippen LogP contribution in [-0.2, 0) is 0 Å². The highest BCUT2D eigenvalue weighted by Gasteiger charge is 2.61. The van der Waals surface area contributed by atoms with Gasteiger partial charge in [-0.15, -0.1) is 0 Å². The third kappa shape index (κ3) is 2.28. The topological polar surface area (TPSA) is 0 Å². The summed E-state index contributed by atoms with van der Waals surface area (Å²) >= 11 is 0. The van der Waals surface area contributed by atoms with E-state index in [-0.39, 0.29) is 0 Å². The Morgan fingerprint density at radius 2 is 0.947 bits per heavy atom. The van der Waals surface area contributed by atoms with Crippen LogP contribution in [0, 0.1) is 22.2 Å². The minimum Gasteiger partial charge on any atom is -0.0654 e. The maximum Gasteiger partial charge on any atom is -0.0284 e. The highest BCUT2D eigenvalue weighted by Crippen LogP contribution is 2.72. The van der Waals surface area contributed by atoms with Crippen molar-refractivity contribution in [1.29, 1.82) is 0 Å². The Morgan fingerprint density at radius 3 is 1.21 bits per heavy atom. The van der Waals surface area contributed by atoms with E-state index in [0.717, 1.165) is 22.2 Å². The third-order valence-electron chi connectivity index (χ3n) is 6.76. The average Bonchev–Trinajstić information content (AvgIpc) is 2.26. The van der Waals surface area contributed by atoms with Crippen LogP contribution in [0.15, 0.2) is 0 Å². The number of hydrogen-bond acceptors (Lipinski definition) is 0. The maximum absolute atomic E-state index is 2.41. The van der Waals surface area contributed by atoms with E-state index in [9.17, 15) is 0 Å². The summed E-state index contributed by atoms with van der Waals surface area (Å²) in [6.45, 7) is 7.24. The van der Waals surface area contributed by atoms with Gasteiger partial charge in [0.05, 0.1) is 0 Å². The monoisotopic (exact) mass is 262 g/mol. The van der Waals surface area contributed by atoms with Crippen LogP contribution in [0.2, 0.25) is 0 Å². The lowest BCUT2D eigenvalue weighted by Gasteiger charge is -2.67. The summed E-state index contributed by atoms with van der Waals surface area (Å²) in [7, 11) is 0. The maximum atomic E-state index is 2.41. The van der Waals surface area contributed by atoms with Gasteiger partial charge in [0.15, 0.2) is 0 Å². The summed E-state index contributed by atoms with van der Waals surface area (Å²) in [5.74, 6) is 1.10. The molecule has 4 bridgehead atoms. The standard InChI is InChI=1S/C19H34/c1-4-7-17-10-16-11-18(13-17,8-5-2)15-19(12-16,14-17)9-6-3/h16H,4-15H2,1-3H3. The van der Waals surface area contributed by atoms with E-state index in [0.29, 0.717) is 0 Å². The first-order valence-electron chi connectivity index (χ1n) is 9.09. The molecule has 0 saturated heterocycles. The highest BCUT2D eigenvalue weighted by molar-refractivity contribution is 5.12. The van der Waals surface area contributed by atoms with E-state index < -0.39 is 0 Å². The zero-order valence-electron chi connectivity index (χ0n) is 13.6. The molecule has 0 aromatic heterocycles. The fourth-order valence-electron chi connectivity index (χ4n) is 7.49. The van der Waals surface area contributed by atoms with Gasteiger partial charge in [-0.1, -0.05) is 40.0 Å². The predicted molar refractivity (Wildman–Crippen MR) is 83.2 cm³/mol. The first kappa shape index (κ1) is 14.0. The fourth-order valence-corrected chi connectivity index (χ4v) is 7.49. The van der Waals surface area contributed by atoms with Crippen LogP contribution >= 0.6 is 0 Å². The Bertz CT molecular complexity index is 269. The van der Waals surface area contributed by atoms with Crippen molar-refractivity contribution >= 4 is 0 Å². The Labute approximate surface area is 120 Å². The molecule has 4 rings (SSSR count). The van der Waals surface area contributed by atoms with Crippen molar-refractivity contribution in [1.82, 2.24) is 0 Å². The van der Waals surface area contributed by atoms with E-state index in [1.54, 1.807) is 38.5 Å². The summed E-state index contributed by atoms with van der Waals surface area (Å²) in [5.41, 5.74) is 2.33. The molecule has 4 saturated carbocycles. The third-order valence-corrected chi connectivity index (χ3v) is 6.76. The van der Waals surface area contributed by atoms with Gasteiger partial charge >= 0.3 is 0 Å². The van der Waals surface area contributed by atoms with Crippen molar-refractivity contribution in [3.63, 3.8) is 0 Å². The molecule has 0 aliphatic heterocycles. The zero-order chi connectivity index (χ0) is 13.6. The molecule has 0 radical (unpaired) electrons. The normalized spacial score (nSPS) is 47.8. The Hall–Kier alpha value is 0. The van der Waals surface area contributed by atoms with Gasteiger partial charge in [-0.05, 0) is 80.0 Å². The molecule has 4 aliphatic carbocycles. The summed E-state index contributed by atoms with van der Waals surface area (Å²) < 4.78 is 0. The van der Waals surface area contributed by atoms with Gasteiger partial charge in [-0.3, -0.25) is 0 Å². The van der Waals surface area contributed by atoms with Crippen LogP contribution in [0.1, 0.15) is 97.8 Å². The molecule has 0 N–H and O–H groups in total. The van der Waals surface area contributed by atoms with Crippen molar-refractivity contribution in [2.45, 2.75) is 97.8 Å². The van der Waals surface area contributed by atoms with Gasteiger partial charge in [-0.25, -0.2) is 0 Å². The highest BCUT2D eigenvalue weighted by atomic mass is 14.7. The minimum atomic E-state index is 0.776. The van der Waals surface area contributed by atoms with E-state index in [4.69, 9.17) is 0 Å². The zero-order valence-corrected chi connectivity index (χ0v) is 13.6. The molecular formula is C19H34. The van der Waals surface area contributed by atoms with Gasteiger partial charge < -0.3 is 0 Å². The summed E-state index contributed by atoms with van der Waals surface area (Å²) in [6.07, 6.45) is 18.4. The molecule has 0 atom stereocenters. The lowest BCUT2D eigenvalue weighted by molar-refractivity contribution is -0.167. The molecule has 19 heavy (non-hydrogen) atoms. The number of rotatable bonds is 6. The van der Waals surface area contributed by atoms with Gasteiger partial charge in [0, 0.05) is 0 Å². The van der Waals surface area contributed by atoms with Crippen molar-refractivity contribution < 1.29 is 0 Å². The first-order valence-corrected chi connectivity index (χ1v) is 9.09. The van der Waals surface area contributed by atoms with E-state index in [1.807, 2.05) is 0 Å². The van der Waals surface area contributed by atoms with Gasteiger partial charge in [-0.2, -0.15) is 0 Å². The lowest BCUT2D eigenvalue weighted by atomic mass is 9.37. The Kier molecular flexibility index (Phi) is 3.51. The van der Waals surface area contributed by atoms with Crippen molar-refractivity contribution in [2.24, 2.45) is 22.2 Å². The molecule has 0 nitrogen and oxygen atoms in total. The van der Waals surface area contributed by atoms with Crippen LogP contribution in [-0.4, -0.2) is 0 Å². The van der Waals surface area contributed by atoms with Crippen LogP contribution in [0.4, 0.5) is 0 Å². The second-order valence-corrected chi connectivity index (χ2v) is 8.76. The van der Waals surface area contributed by atoms with Gasteiger partial charge in [0.25, 0.3) is 0 Å². The molecule has 0 aromatic rings. The molecule has 110 valence electrons.